The fourth-order valence-electron chi connectivity index (χ4n) is 1.14. The molecule has 0 unspecified atom stereocenters. The number of hydrogen-bond acceptors (Lipinski definition) is 3. The van der Waals surface area contributed by atoms with Gasteiger partial charge < -0.3 is 16.6 Å². The third-order valence-electron chi connectivity index (χ3n) is 1.90. The van der Waals surface area contributed by atoms with E-state index in [0.717, 1.165) is 18.4 Å². The van der Waals surface area contributed by atoms with Gasteiger partial charge in [-0.05, 0) is 24.8 Å². The molecule has 0 aromatic heterocycles. The second-order valence-corrected chi connectivity index (χ2v) is 2.99. The van der Waals surface area contributed by atoms with Crippen LogP contribution in [0.5, 0.6) is 0 Å². The van der Waals surface area contributed by atoms with Crippen molar-refractivity contribution >= 4 is 0 Å². The van der Waals surface area contributed by atoms with Gasteiger partial charge in [-0.25, -0.2) is 0 Å². The van der Waals surface area contributed by atoms with Gasteiger partial charge in [-0.2, -0.15) is 0 Å². The Labute approximate surface area is 74.4 Å². The molecule has 72 valence electrons. The highest BCUT2D eigenvalue weighted by atomic mass is 16.2. The van der Waals surface area contributed by atoms with Crippen molar-refractivity contribution in [2.75, 3.05) is 6.61 Å². The SMILES string of the molecule is CCCCCC(CCO)=C(N)N. The summed E-state index contributed by atoms with van der Waals surface area (Å²) in [4.78, 5) is 0. The van der Waals surface area contributed by atoms with E-state index in [1.54, 1.807) is 0 Å². The zero-order chi connectivity index (χ0) is 9.40. The van der Waals surface area contributed by atoms with Gasteiger partial charge in [0.15, 0.2) is 0 Å². The smallest absolute Gasteiger partial charge is 0.0926 e. The molecule has 12 heavy (non-hydrogen) atoms. The second kappa shape index (κ2) is 6.98. The number of aliphatic hydroxyl groups excluding tert-OH is 1. The molecule has 0 heterocycles. The molecule has 0 aromatic rings. The molecular weight excluding hydrogens is 152 g/mol. The molecule has 3 nitrogen and oxygen atoms in total. The summed E-state index contributed by atoms with van der Waals surface area (Å²) in [6.07, 6.45) is 5.05. The molecule has 3 heteroatoms. The van der Waals surface area contributed by atoms with Gasteiger partial charge >= 0.3 is 0 Å². The molecule has 0 spiro atoms. The molecule has 0 atom stereocenters. The molecule has 0 fully saturated rings. The summed E-state index contributed by atoms with van der Waals surface area (Å²) in [5, 5.41) is 8.70. The minimum atomic E-state index is 0.138. The first-order valence-electron chi connectivity index (χ1n) is 4.56. The van der Waals surface area contributed by atoms with Crippen molar-refractivity contribution in [1.82, 2.24) is 0 Å². The molecule has 0 saturated carbocycles. The van der Waals surface area contributed by atoms with Crippen molar-refractivity contribution in [2.24, 2.45) is 11.5 Å². The number of rotatable bonds is 6. The van der Waals surface area contributed by atoms with Gasteiger partial charge in [0.2, 0.25) is 0 Å². The number of hydrogen-bond donors (Lipinski definition) is 3. The van der Waals surface area contributed by atoms with E-state index in [1.165, 1.54) is 12.8 Å². The topological polar surface area (TPSA) is 72.3 Å². The quantitative estimate of drug-likeness (QED) is 0.525. The van der Waals surface area contributed by atoms with Crippen LogP contribution >= 0.6 is 0 Å². The molecule has 0 radical (unpaired) electrons. The van der Waals surface area contributed by atoms with Crippen LogP contribution in [0.2, 0.25) is 0 Å². The van der Waals surface area contributed by atoms with E-state index in [4.69, 9.17) is 16.6 Å². The number of aliphatic hydroxyl groups is 1. The van der Waals surface area contributed by atoms with Gasteiger partial charge in [0.05, 0.1) is 5.82 Å². The summed E-state index contributed by atoms with van der Waals surface area (Å²) in [7, 11) is 0. The van der Waals surface area contributed by atoms with Crippen LogP contribution in [0.1, 0.15) is 39.0 Å². The Balaban J connectivity index is 3.73. The zero-order valence-electron chi connectivity index (χ0n) is 7.84. The van der Waals surface area contributed by atoms with Crippen molar-refractivity contribution in [3.63, 3.8) is 0 Å². The van der Waals surface area contributed by atoms with E-state index in [9.17, 15) is 0 Å². The molecular formula is C9H20N2O. The molecule has 0 aromatic carbocycles. The average Bonchev–Trinajstić information content (AvgIpc) is 2.03. The van der Waals surface area contributed by atoms with Gasteiger partial charge in [-0.1, -0.05) is 19.8 Å². The van der Waals surface area contributed by atoms with Crippen molar-refractivity contribution in [2.45, 2.75) is 39.0 Å². The second-order valence-electron chi connectivity index (χ2n) is 2.99. The lowest BCUT2D eigenvalue weighted by Gasteiger charge is -2.06. The Morgan fingerprint density at radius 1 is 1.17 bits per heavy atom. The highest BCUT2D eigenvalue weighted by molar-refractivity contribution is 5.07. The van der Waals surface area contributed by atoms with Crippen molar-refractivity contribution in [3.05, 3.63) is 11.4 Å². The first kappa shape index (κ1) is 11.3. The van der Waals surface area contributed by atoms with Crippen LogP contribution in [0.15, 0.2) is 11.4 Å². The molecule has 0 bridgehead atoms. The molecule has 5 N–H and O–H groups in total. The van der Waals surface area contributed by atoms with Crippen LogP contribution in [0, 0.1) is 0 Å². The zero-order valence-corrected chi connectivity index (χ0v) is 7.84. The van der Waals surface area contributed by atoms with Gasteiger partial charge in [0.25, 0.3) is 0 Å². The standard InChI is InChI=1S/C9H20N2O/c1-2-3-4-5-8(6-7-12)9(10)11/h12H,2-7,10-11H2,1H3. The molecule has 0 aliphatic carbocycles. The van der Waals surface area contributed by atoms with Crippen molar-refractivity contribution < 1.29 is 5.11 Å². The van der Waals surface area contributed by atoms with E-state index in [1.807, 2.05) is 0 Å². The first-order valence-corrected chi connectivity index (χ1v) is 4.56. The summed E-state index contributed by atoms with van der Waals surface area (Å²) >= 11 is 0. The number of unbranched alkanes of at least 4 members (excludes halogenated alkanes) is 2. The van der Waals surface area contributed by atoms with E-state index in [-0.39, 0.29) is 6.61 Å². The minimum Gasteiger partial charge on any atom is -0.396 e. The van der Waals surface area contributed by atoms with Crippen molar-refractivity contribution in [3.8, 4) is 0 Å². The fraction of sp³-hybridized carbons (Fsp3) is 0.778. The van der Waals surface area contributed by atoms with E-state index >= 15 is 0 Å². The van der Waals surface area contributed by atoms with Crippen LogP contribution in [0.4, 0.5) is 0 Å². The maximum atomic E-state index is 8.70. The van der Waals surface area contributed by atoms with Crippen LogP contribution in [0.25, 0.3) is 0 Å². The average molecular weight is 172 g/mol. The molecule has 0 rings (SSSR count). The summed E-state index contributed by atoms with van der Waals surface area (Å²) in [6.45, 7) is 2.29. The lowest BCUT2D eigenvalue weighted by molar-refractivity contribution is 0.297. The maximum Gasteiger partial charge on any atom is 0.0926 e. The first-order chi connectivity index (χ1) is 5.72. The van der Waals surface area contributed by atoms with Crippen LogP contribution in [0.3, 0.4) is 0 Å². The summed E-state index contributed by atoms with van der Waals surface area (Å²) in [5.41, 5.74) is 11.9. The normalized spacial score (nSPS) is 9.83. The summed E-state index contributed by atoms with van der Waals surface area (Å²) in [6, 6.07) is 0. The molecule has 0 aliphatic heterocycles. The van der Waals surface area contributed by atoms with Crippen LogP contribution in [-0.4, -0.2) is 11.7 Å². The van der Waals surface area contributed by atoms with E-state index < -0.39 is 0 Å². The lowest BCUT2D eigenvalue weighted by atomic mass is 10.1. The monoisotopic (exact) mass is 172 g/mol. The Morgan fingerprint density at radius 2 is 1.83 bits per heavy atom. The summed E-state index contributed by atoms with van der Waals surface area (Å²) < 4.78 is 0. The van der Waals surface area contributed by atoms with Crippen LogP contribution in [-0.2, 0) is 0 Å². The highest BCUT2D eigenvalue weighted by Gasteiger charge is 1.99. The summed E-state index contributed by atoms with van der Waals surface area (Å²) in [5.74, 6) is 0.389. The Bertz CT molecular complexity index is 139. The van der Waals surface area contributed by atoms with Crippen molar-refractivity contribution in [1.29, 1.82) is 0 Å². The Hall–Kier alpha value is -0.700. The third-order valence-corrected chi connectivity index (χ3v) is 1.90. The predicted molar refractivity (Wildman–Crippen MR) is 51.2 cm³/mol. The van der Waals surface area contributed by atoms with Gasteiger partial charge in [-0.3, -0.25) is 0 Å². The number of nitrogens with two attached hydrogens (primary N) is 2. The van der Waals surface area contributed by atoms with Crippen LogP contribution < -0.4 is 11.5 Å². The Morgan fingerprint density at radius 3 is 2.25 bits per heavy atom. The lowest BCUT2D eigenvalue weighted by Crippen LogP contribution is -2.13. The Kier molecular flexibility index (Phi) is 6.57. The molecule has 0 amide bonds. The molecule has 0 saturated heterocycles. The minimum absolute atomic E-state index is 0.138. The third kappa shape index (κ3) is 5.02. The van der Waals surface area contributed by atoms with E-state index in [0.29, 0.717) is 12.2 Å². The van der Waals surface area contributed by atoms with E-state index in [2.05, 4.69) is 6.92 Å². The van der Waals surface area contributed by atoms with Gasteiger partial charge in [0, 0.05) is 6.61 Å². The highest BCUT2D eigenvalue weighted by Crippen LogP contribution is 2.12. The predicted octanol–water partition coefficient (Wildman–Crippen LogP) is 1.08. The fourth-order valence-corrected chi connectivity index (χ4v) is 1.14. The maximum absolute atomic E-state index is 8.70. The molecule has 0 aliphatic rings. The van der Waals surface area contributed by atoms with Gasteiger partial charge in [-0.15, -0.1) is 0 Å². The largest absolute Gasteiger partial charge is 0.396 e. The van der Waals surface area contributed by atoms with Gasteiger partial charge in [0.1, 0.15) is 0 Å².